The zero-order valence-corrected chi connectivity index (χ0v) is 27.3. The number of carbonyl (C=O) groups is 4. The number of alkyl carbamates (subject to hydrolysis) is 1. The summed E-state index contributed by atoms with van der Waals surface area (Å²) in [6.07, 6.45) is 0.733. The molecule has 3 N–H and O–H groups in total. The van der Waals surface area contributed by atoms with E-state index < -0.39 is 17.7 Å². The molecule has 244 valence electrons. The fourth-order valence-electron chi connectivity index (χ4n) is 3.95. The Morgan fingerprint density at radius 1 is 0.864 bits per heavy atom. The highest BCUT2D eigenvalue weighted by atomic mass is 16.6. The summed E-state index contributed by atoms with van der Waals surface area (Å²) in [5.74, 6) is -0.698. The third-order valence-corrected chi connectivity index (χ3v) is 6.03. The van der Waals surface area contributed by atoms with Crippen LogP contribution in [0.2, 0.25) is 0 Å². The molecule has 0 aliphatic rings. The molecule has 0 radical (unpaired) electrons. The van der Waals surface area contributed by atoms with Crippen molar-refractivity contribution < 1.29 is 33.4 Å². The Morgan fingerprint density at radius 3 is 1.95 bits per heavy atom. The predicted octanol–water partition coefficient (Wildman–Crippen LogP) is 5.29. The van der Waals surface area contributed by atoms with E-state index in [0.717, 1.165) is 11.1 Å². The van der Waals surface area contributed by atoms with E-state index in [9.17, 15) is 19.2 Å². The monoisotopic (exact) mass is 613 g/mol. The van der Waals surface area contributed by atoms with Gasteiger partial charge in [-0.1, -0.05) is 74.5 Å². The van der Waals surface area contributed by atoms with Crippen molar-refractivity contribution in [3.63, 3.8) is 0 Å². The quantitative estimate of drug-likeness (QED) is 0.233. The van der Waals surface area contributed by atoms with Crippen LogP contribution >= 0.6 is 0 Å². The van der Waals surface area contributed by atoms with Crippen molar-refractivity contribution in [1.29, 1.82) is 0 Å². The smallest absolute Gasteiger partial charge is 0.407 e. The number of rotatable bonds is 15. The number of hydrogen-bond donors (Lipinski definition) is 3. The second kappa shape index (κ2) is 20.9. The molecular weight excluding hydrogens is 562 g/mol. The Balaban J connectivity index is 0.00000146. The lowest BCUT2D eigenvalue weighted by Crippen LogP contribution is -2.49. The number of nitrogens with one attached hydrogen (secondary N) is 3. The van der Waals surface area contributed by atoms with Gasteiger partial charge in [-0.05, 0) is 57.6 Å². The van der Waals surface area contributed by atoms with Gasteiger partial charge in [0.1, 0.15) is 11.6 Å². The summed E-state index contributed by atoms with van der Waals surface area (Å²) in [5, 5.41) is 8.63. The third-order valence-electron chi connectivity index (χ3n) is 6.03. The van der Waals surface area contributed by atoms with Crippen LogP contribution in [0.4, 0.5) is 4.79 Å². The second-order valence-corrected chi connectivity index (χ2v) is 11.7. The van der Waals surface area contributed by atoms with Gasteiger partial charge in [0.25, 0.3) is 0 Å². The van der Waals surface area contributed by atoms with Crippen molar-refractivity contribution in [1.82, 2.24) is 16.0 Å². The van der Waals surface area contributed by atoms with E-state index >= 15 is 0 Å². The summed E-state index contributed by atoms with van der Waals surface area (Å²) in [5.41, 5.74) is 1.41. The highest BCUT2D eigenvalue weighted by molar-refractivity contribution is 5.87. The van der Waals surface area contributed by atoms with Crippen LogP contribution < -0.4 is 16.0 Å². The van der Waals surface area contributed by atoms with Crippen LogP contribution in [-0.4, -0.2) is 54.8 Å². The number of hydrogen-bond acceptors (Lipinski definition) is 7. The minimum absolute atomic E-state index is 0.0670. The molecule has 2 rings (SSSR count). The lowest BCUT2D eigenvalue weighted by molar-refractivity contribution is -0.140. The first-order chi connectivity index (χ1) is 20.8. The molecule has 0 bridgehead atoms. The lowest BCUT2D eigenvalue weighted by atomic mass is 10.0. The number of ether oxygens (including phenoxy) is 3. The maximum absolute atomic E-state index is 12.7. The zero-order valence-electron chi connectivity index (χ0n) is 27.3. The first kappa shape index (κ1) is 38.1. The largest absolute Gasteiger partial charge is 0.466 e. The van der Waals surface area contributed by atoms with Crippen LogP contribution in [0.3, 0.4) is 0 Å². The molecule has 0 aliphatic carbocycles. The third kappa shape index (κ3) is 18.6. The van der Waals surface area contributed by atoms with Gasteiger partial charge in [-0.15, -0.1) is 0 Å². The van der Waals surface area contributed by atoms with E-state index in [1.54, 1.807) is 27.7 Å². The summed E-state index contributed by atoms with van der Waals surface area (Å²) >= 11 is 0. The number of benzene rings is 2. The number of esters is 1. The average Bonchev–Trinajstić information content (AvgIpc) is 2.94. The minimum atomic E-state index is -0.629. The summed E-state index contributed by atoms with van der Waals surface area (Å²) in [6.45, 7) is 14.0. The van der Waals surface area contributed by atoms with Crippen LogP contribution in [-0.2, 0) is 41.7 Å². The van der Waals surface area contributed by atoms with Crippen molar-refractivity contribution in [3.05, 3.63) is 71.8 Å². The number of amides is 3. The maximum atomic E-state index is 12.7. The van der Waals surface area contributed by atoms with Gasteiger partial charge in [0.05, 0.1) is 25.9 Å². The molecule has 1 unspecified atom stereocenters. The maximum Gasteiger partial charge on any atom is 0.407 e. The van der Waals surface area contributed by atoms with Gasteiger partial charge in [0.15, 0.2) is 0 Å². The molecule has 0 spiro atoms. The van der Waals surface area contributed by atoms with Gasteiger partial charge in [-0.2, -0.15) is 0 Å². The molecule has 0 fully saturated rings. The van der Waals surface area contributed by atoms with E-state index in [0.29, 0.717) is 32.6 Å². The van der Waals surface area contributed by atoms with Crippen molar-refractivity contribution >= 4 is 23.9 Å². The molecule has 2 atom stereocenters. The van der Waals surface area contributed by atoms with E-state index in [2.05, 4.69) is 20.7 Å². The highest BCUT2D eigenvalue weighted by Gasteiger charge is 2.24. The summed E-state index contributed by atoms with van der Waals surface area (Å²) in [7, 11) is 0. The Labute approximate surface area is 262 Å². The van der Waals surface area contributed by atoms with Gasteiger partial charge in [-0.3, -0.25) is 14.4 Å². The molecule has 3 amide bonds. The van der Waals surface area contributed by atoms with E-state index in [4.69, 9.17) is 9.47 Å². The molecule has 10 heteroatoms. The fraction of sp³-hybridized carbons (Fsp3) is 0.529. The standard InChI is InChI=1S/C30H43N3O5.C4H8O2/c1-22(2)27(28(35)31-19-23-13-8-6-9-14-23)33-26(34)18-12-17-25(32-29(36)38-30(3,4)5)21-37-20-24-15-10-7-11-16-24;1-3-6-4(2)5/h6-11,13-16,22,25,27H,12,17-21H2,1-5H3,(H,31,35)(H,32,36)(H,33,34);3H2,1-2H3/t25-,27?;/m1./s1. The van der Waals surface area contributed by atoms with Crippen molar-refractivity contribution in [3.8, 4) is 0 Å². The Bertz CT molecular complexity index is 1120. The topological polar surface area (TPSA) is 132 Å². The molecule has 0 heterocycles. The van der Waals surface area contributed by atoms with E-state index in [1.165, 1.54) is 6.92 Å². The first-order valence-electron chi connectivity index (χ1n) is 15.2. The summed E-state index contributed by atoms with van der Waals surface area (Å²) in [4.78, 5) is 47.6. The van der Waals surface area contributed by atoms with Gasteiger partial charge >= 0.3 is 12.1 Å². The van der Waals surface area contributed by atoms with Crippen LogP contribution in [0.5, 0.6) is 0 Å². The Morgan fingerprint density at radius 2 is 1.45 bits per heavy atom. The molecule has 2 aromatic carbocycles. The minimum Gasteiger partial charge on any atom is -0.466 e. The summed E-state index contributed by atoms with van der Waals surface area (Å²) in [6, 6.07) is 18.5. The van der Waals surface area contributed by atoms with Crippen LogP contribution in [0, 0.1) is 5.92 Å². The lowest BCUT2D eigenvalue weighted by Gasteiger charge is -2.24. The molecular formula is C34H51N3O7. The van der Waals surface area contributed by atoms with Gasteiger partial charge in [0, 0.05) is 19.9 Å². The van der Waals surface area contributed by atoms with Crippen molar-refractivity contribution in [2.24, 2.45) is 5.92 Å². The van der Waals surface area contributed by atoms with Gasteiger partial charge in [0.2, 0.25) is 11.8 Å². The van der Waals surface area contributed by atoms with Crippen LogP contribution in [0.15, 0.2) is 60.7 Å². The highest BCUT2D eigenvalue weighted by Crippen LogP contribution is 2.11. The van der Waals surface area contributed by atoms with Crippen molar-refractivity contribution in [2.45, 2.75) is 98.6 Å². The first-order valence-corrected chi connectivity index (χ1v) is 15.2. The number of carbonyl (C=O) groups excluding carboxylic acids is 4. The van der Waals surface area contributed by atoms with Crippen LogP contribution in [0.1, 0.15) is 78.9 Å². The predicted molar refractivity (Wildman–Crippen MR) is 170 cm³/mol. The van der Waals surface area contributed by atoms with E-state index in [1.807, 2.05) is 74.5 Å². The van der Waals surface area contributed by atoms with Gasteiger partial charge < -0.3 is 30.2 Å². The molecule has 0 aliphatic heterocycles. The normalized spacial score (nSPS) is 12.2. The molecule has 0 saturated carbocycles. The second-order valence-electron chi connectivity index (χ2n) is 11.7. The van der Waals surface area contributed by atoms with Gasteiger partial charge in [-0.25, -0.2) is 4.79 Å². The molecule has 0 saturated heterocycles. The zero-order chi connectivity index (χ0) is 33.0. The Kier molecular flexibility index (Phi) is 18.1. The Hall–Kier alpha value is -3.92. The molecule has 10 nitrogen and oxygen atoms in total. The summed E-state index contributed by atoms with van der Waals surface area (Å²) < 4.78 is 15.6. The average molecular weight is 614 g/mol. The van der Waals surface area contributed by atoms with Crippen molar-refractivity contribution in [2.75, 3.05) is 13.2 Å². The molecule has 2 aromatic rings. The van der Waals surface area contributed by atoms with Crippen LogP contribution in [0.25, 0.3) is 0 Å². The molecule has 44 heavy (non-hydrogen) atoms. The molecule has 0 aromatic heterocycles. The fourth-order valence-corrected chi connectivity index (χ4v) is 3.95. The SMILES string of the molecule is CC(C)C(NC(=O)CCC[C@H](COCc1ccccc1)NC(=O)OC(C)(C)C)C(=O)NCc1ccccc1.CCOC(C)=O. The van der Waals surface area contributed by atoms with E-state index in [-0.39, 0.29) is 42.8 Å².